The van der Waals surface area contributed by atoms with Crippen molar-refractivity contribution in [3.63, 3.8) is 0 Å². The SMILES string of the molecule is CC(=N/C(C(=O)Nc1nccs1)=C(\C)c1ccc(C)cc1)c1ccc(OCCc2ccccc2)cc1. The van der Waals surface area contributed by atoms with Crippen molar-refractivity contribution in [3.8, 4) is 5.75 Å². The van der Waals surface area contributed by atoms with E-state index < -0.39 is 0 Å². The van der Waals surface area contributed by atoms with Crippen LogP contribution in [0.4, 0.5) is 5.13 Å². The maximum absolute atomic E-state index is 13.2. The minimum Gasteiger partial charge on any atom is -0.493 e. The fourth-order valence-electron chi connectivity index (χ4n) is 3.64. The third kappa shape index (κ3) is 6.77. The first-order valence-electron chi connectivity index (χ1n) is 11.8. The molecule has 1 heterocycles. The van der Waals surface area contributed by atoms with Crippen molar-refractivity contribution in [3.05, 3.63) is 118 Å². The van der Waals surface area contributed by atoms with Crippen LogP contribution in [0.3, 0.4) is 0 Å². The molecule has 5 nitrogen and oxygen atoms in total. The van der Waals surface area contributed by atoms with Crippen LogP contribution >= 0.6 is 11.3 Å². The molecule has 0 saturated carbocycles. The fourth-order valence-corrected chi connectivity index (χ4v) is 4.17. The molecule has 0 radical (unpaired) electrons. The van der Waals surface area contributed by atoms with Crippen molar-refractivity contribution in [2.24, 2.45) is 4.99 Å². The van der Waals surface area contributed by atoms with E-state index >= 15 is 0 Å². The number of aromatic nitrogens is 1. The van der Waals surface area contributed by atoms with Crippen LogP contribution < -0.4 is 10.1 Å². The number of carbonyl (C=O) groups excluding carboxylic acids is 1. The van der Waals surface area contributed by atoms with Crippen molar-refractivity contribution in [2.45, 2.75) is 27.2 Å². The predicted molar refractivity (Wildman–Crippen MR) is 149 cm³/mol. The van der Waals surface area contributed by atoms with Crippen LogP contribution in [0.2, 0.25) is 0 Å². The minimum atomic E-state index is -0.289. The lowest BCUT2D eigenvalue weighted by molar-refractivity contribution is -0.112. The number of amides is 1. The standard InChI is InChI=1S/C30H29N3O2S/c1-21-9-11-25(12-10-21)22(2)28(29(34)33-30-31-18-20-36-30)32-23(3)26-13-15-27(16-14-26)35-19-17-24-7-5-4-6-8-24/h4-16,18,20H,17,19H2,1-3H3,(H,31,33,34)/b28-22+,32-23?. The minimum absolute atomic E-state index is 0.289. The second-order valence-electron chi connectivity index (χ2n) is 8.44. The summed E-state index contributed by atoms with van der Waals surface area (Å²) < 4.78 is 5.91. The Balaban J connectivity index is 1.53. The number of nitrogens with one attached hydrogen (secondary N) is 1. The Labute approximate surface area is 216 Å². The van der Waals surface area contributed by atoms with E-state index in [1.165, 1.54) is 16.9 Å². The van der Waals surface area contributed by atoms with Crippen LogP contribution in [-0.4, -0.2) is 23.2 Å². The van der Waals surface area contributed by atoms with Gasteiger partial charge in [-0.05, 0) is 67.3 Å². The highest BCUT2D eigenvalue weighted by Gasteiger charge is 2.16. The van der Waals surface area contributed by atoms with Gasteiger partial charge in [-0.3, -0.25) is 10.1 Å². The van der Waals surface area contributed by atoms with Gasteiger partial charge in [-0.15, -0.1) is 11.3 Å². The highest BCUT2D eigenvalue weighted by Crippen LogP contribution is 2.23. The number of allylic oxidation sites excluding steroid dienone is 1. The van der Waals surface area contributed by atoms with Gasteiger partial charge in [0, 0.05) is 23.7 Å². The summed E-state index contributed by atoms with van der Waals surface area (Å²) >= 11 is 1.37. The van der Waals surface area contributed by atoms with Gasteiger partial charge in [-0.2, -0.15) is 0 Å². The van der Waals surface area contributed by atoms with E-state index in [0.717, 1.165) is 40.1 Å². The molecular formula is C30H29N3O2S. The second-order valence-corrected chi connectivity index (χ2v) is 9.33. The molecule has 3 aromatic carbocycles. The molecule has 0 unspecified atom stereocenters. The highest BCUT2D eigenvalue weighted by molar-refractivity contribution is 7.13. The van der Waals surface area contributed by atoms with Gasteiger partial charge < -0.3 is 4.74 Å². The molecule has 4 rings (SSSR count). The van der Waals surface area contributed by atoms with E-state index in [4.69, 9.17) is 9.73 Å². The van der Waals surface area contributed by atoms with E-state index in [0.29, 0.717) is 17.4 Å². The molecule has 0 fully saturated rings. The summed E-state index contributed by atoms with van der Waals surface area (Å²) in [6, 6.07) is 26.2. The molecule has 0 aliphatic rings. The monoisotopic (exact) mass is 495 g/mol. The van der Waals surface area contributed by atoms with E-state index in [1.807, 2.05) is 92.9 Å². The van der Waals surface area contributed by atoms with Gasteiger partial charge in [-0.25, -0.2) is 9.98 Å². The Morgan fingerprint density at radius 3 is 2.31 bits per heavy atom. The first-order chi connectivity index (χ1) is 17.5. The number of ether oxygens (including phenoxy) is 1. The average Bonchev–Trinajstić information content (AvgIpc) is 3.41. The number of aliphatic imine (C=N–C) groups is 1. The topological polar surface area (TPSA) is 63.6 Å². The van der Waals surface area contributed by atoms with Gasteiger partial charge in [0.25, 0.3) is 5.91 Å². The number of hydrogen-bond acceptors (Lipinski definition) is 5. The Morgan fingerprint density at radius 1 is 0.944 bits per heavy atom. The van der Waals surface area contributed by atoms with Crippen LogP contribution in [0, 0.1) is 6.92 Å². The quantitative estimate of drug-likeness (QED) is 0.202. The average molecular weight is 496 g/mol. The zero-order valence-electron chi connectivity index (χ0n) is 20.7. The Kier molecular flexibility index (Phi) is 8.42. The van der Waals surface area contributed by atoms with Crippen LogP contribution in [-0.2, 0) is 11.2 Å². The number of carbonyl (C=O) groups is 1. The van der Waals surface area contributed by atoms with Crippen LogP contribution in [0.1, 0.15) is 36.1 Å². The summed E-state index contributed by atoms with van der Waals surface area (Å²) in [5.74, 6) is 0.513. The summed E-state index contributed by atoms with van der Waals surface area (Å²) in [5, 5.41) is 5.23. The number of anilines is 1. The molecule has 1 N–H and O–H groups in total. The summed E-state index contributed by atoms with van der Waals surface area (Å²) in [7, 11) is 0. The molecule has 1 aromatic heterocycles. The number of hydrogen-bond donors (Lipinski definition) is 1. The molecule has 0 aliphatic heterocycles. The van der Waals surface area contributed by atoms with Gasteiger partial charge in [0.15, 0.2) is 5.13 Å². The lowest BCUT2D eigenvalue weighted by Gasteiger charge is -2.11. The third-order valence-electron chi connectivity index (χ3n) is 5.76. The number of thiazole rings is 1. The Morgan fingerprint density at radius 2 is 1.64 bits per heavy atom. The molecular weight excluding hydrogens is 466 g/mol. The third-order valence-corrected chi connectivity index (χ3v) is 6.45. The zero-order chi connectivity index (χ0) is 25.3. The van der Waals surface area contributed by atoms with Crippen molar-refractivity contribution in [1.29, 1.82) is 0 Å². The van der Waals surface area contributed by atoms with E-state index in [9.17, 15) is 4.79 Å². The van der Waals surface area contributed by atoms with Crippen LogP contribution in [0.5, 0.6) is 5.75 Å². The van der Waals surface area contributed by atoms with E-state index in [2.05, 4.69) is 22.4 Å². The van der Waals surface area contributed by atoms with E-state index in [-0.39, 0.29) is 5.91 Å². The molecule has 1 amide bonds. The first-order valence-corrected chi connectivity index (χ1v) is 12.7. The normalized spacial score (nSPS) is 12.1. The predicted octanol–water partition coefficient (Wildman–Crippen LogP) is 6.95. The lowest BCUT2D eigenvalue weighted by atomic mass is 10.0. The van der Waals surface area contributed by atoms with E-state index in [1.54, 1.807) is 6.20 Å². The lowest BCUT2D eigenvalue weighted by Crippen LogP contribution is -2.15. The van der Waals surface area contributed by atoms with Crippen LogP contribution in [0.25, 0.3) is 5.57 Å². The summed E-state index contributed by atoms with van der Waals surface area (Å²) in [6.07, 6.45) is 2.51. The summed E-state index contributed by atoms with van der Waals surface area (Å²) in [4.78, 5) is 22.2. The molecule has 6 heteroatoms. The van der Waals surface area contributed by atoms with Gasteiger partial charge in [0.05, 0.1) is 6.61 Å². The second kappa shape index (κ2) is 12.1. The smallest absolute Gasteiger partial charge is 0.276 e. The summed E-state index contributed by atoms with van der Waals surface area (Å²) in [6.45, 7) is 6.47. The first kappa shape index (κ1) is 25.1. The number of rotatable bonds is 9. The van der Waals surface area contributed by atoms with Gasteiger partial charge in [0.1, 0.15) is 11.4 Å². The number of benzene rings is 3. The molecule has 4 aromatic rings. The summed E-state index contributed by atoms with van der Waals surface area (Å²) in [5.41, 5.74) is 6.16. The molecule has 0 spiro atoms. The maximum atomic E-state index is 13.2. The molecule has 0 atom stereocenters. The Hall–Kier alpha value is -4.03. The van der Waals surface area contributed by atoms with Crippen molar-refractivity contribution < 1.29 is 9.53 Å². The van der Waals surface area contributed by atoms with Crippen molar-refractivity contribution in [2.75, 3.05) is 11.9 Å². The fraction of sp³-hybridized carbons (Fsp3) is 0.167. The van der Waals surface area contributed by atoms with Crippen molar-refractivity contribution >= 4 is 33.7 Å². The molecule has 0 aliphatic carbocycles. The molecule has 36 heavy (non-hydrogen) atoms. The molecule has 0 bridgehead atoms. The van der Waals surface area contributed by atoms with Crippen LogP contribution in [0.15, 0.2) is 101 Å². The zero-order valence-corrected chi connectivity index (χ0v) is 21.5. The largest absolute Gasteiger partial charge is 0.493 e. The maximum Gasteiger partial charge on any atom is 0.276 e. The number of aryl methyl sites for hydroxylation is 1. The van der Waals surface area contributed by atoms with Gasteiger partial charge in [0.2, 0.25) is 0 Å². The van der Waals surface area contributed by atoms with Gasteiger partial charge in [-0.1, -0.05) is 60.2 Å². The molecule has 182 valence electrons. The number of nitrogens with zero attached hydrogens (tertiary/aromatic N) is 2. The molecule has 0 saturated heterocycles. The Bertz CT molecular complexity index is 1340. The van der Waals surface area contributed by atoms with Crippen molar-refractivity contribution in [1.82, 2.24) is 4.98 Å². The highest BCUT2D eigenvalue weighted by atomic mass is 32.1. The van der Waals surface area contributed by atoms with Gasteiger partial charge >= 0.3 is 0 Å².